The van der Waals surface area contributed by atoms with Gasteiger partial charge in [-0.3, -0.25) is 19.2 Å². The third kappa shape index (κ3) is 9.44. The molecule has 4 N–H and O–H groups in total. The van der Waals surface area contributed by atoms with E-state index in [1.807, 2.05) is 12.1 Å². The molecule has 0 bridgehead atoms. The van der Waals surface area contributed by atoms with Crippen molar-refractivity contribution in [2.75, 3.05) is 34.9 Å². The molecule has 5 rings (SSSR count). The van der Waals surface area contributed by atoms with Gasteiger partial charge in [0, 0.05) is 36.7 Å². The van der Waals surface area contributed by atoms with E-state index in [-0.39, 0.29) is 41.6 Å². The minimum absolute atomic E-state index is 0. The predicted octanol–water partition coefficient (Wildman–Crippen LogP) is 6.64. The molecule has 244 valence electrons. The van der Waals surface area contributed by atoms with Crippen LogP contribution in [0.4, 0.5) is 22.7 Å². The molecule has 1 aliphatic heterocycles. The summed E-state index contributed by atoms with van der Waals surface area (Å²) in [6.45, 7) is 4.48. The summed E-state index contributed by atoms with van der Waals surface area (Å²) < 4.78 is 0. The van der Waals surface area contributed by atoms with E-state index < -0.39 is 17.8 Å². The summed E-state index contributed by atoms with van der Waals surface area (Å²) in [7, 11) is 3.54. The Morgan fingerprint density at radius 3 is 1.74 bits per heavy atom. The molecule has 0 spiro atoms. The first-order valence-electron chi connectivity index (χ1n) is 14.1. The highest BCUT2D eigenvalue weighted by Gasteiger charge is 2.37. The van der Waals surface area contributed by atoms with Crippen LogP contribution >= 0.6 is 0 Å². The second-order valence-electron chi connectivity index (χ2n) is 10.1. The Kier molecular flexibility index (Phi) is 13.3. The fourth-order valence-corrected chi connectivity index (χ4v) is 4.31. The number of hydrogen-bond donors (Lipinski definition) is 4. The Morgan fingerprint density at radius 2 is 1.17 bits per heavy atom. The minimum atomic E-state index is -1.13. The highest BCUT2D eigenvalue weighted by atomic mass is 16.4. The summed E-state index contributed by atoms with van der Waals surface area (Å²) in [4.78, 5) is 70.3. The number of carbonyl (C=O) groups is 6. The van der Waals surface area contributed by atoms with E-state index in [1.165, 1.54) is 45.0 Å². The molecule has 0 saturated heterocycles. The smallest absolute Gasteiger partial charge is 0.336 e. The molecule has 0 unspecified atom stereocenters. The molecule has 4 aromatic carbocycles. The van der Waals surface area contributed by atoms with Gasteiger partial charge in [0.2, 0.25) is 0 Å². The molecule has 4 aromatic rings. The summed E-state index contributed by atoms with van der Waals surface area (Å²) in [6.07, 6.45) is 0. The molecule has 1 heterocycles. The van der Waals surface area contributed by atoms with Gasteiger partial charge in [-0.1, -0.05) is 37.8 Å². The van der Waals surface area contributed by atoms with Crippen molar-refractivity contribution in [1.29, 1.82) is 0 Å². The van der Waals surface area contributed by atoms with Crippen LogP contribution in [0.1, 0.15) is 80.0 Å². The van der Waals surface area contributed by atoms with Gasteiger partial charge in [0.25, 0.3) is 17.7 Å². The standard InChI is InChI=1S/C17H14N2O3.C15H14N2O3.C3H6O.CH4/c1-10(20)11-6-7-14-15(8-11)17(22)19(16(14)21)13-5-3-4-12(9-13)18-2;1-16-10-5-4-6-11(9-10)17-14(18)12-7-2-3-8-13(12)15(19)20;1-3(2)4;/h3-9,18H,1-2H3;2-9,16H,1H3,(H,17,18)(H,19,20);1-2H3;1H4. The van der Waals surface area contributed by atoms with E-state index in [4.69, 9.17) is 5.11 Å². The quantitative estimate of drug-likeness (QED) is 0.128. The summed E-state index contributed by atoms with van der Waals surface area (Å²) in [5, 5.41) is 17.7. The molecule has 0 aliphatic carbocycles. The zero-order chi connectivity index (χ0) is 34.0. The Labute approximate surface area is 273 Å². The number of hydrogen-bond acceptors (Lipinski definition) is 8. The van der Waals surface area contributed by atoms with Crippen LogP contribution in [0, 0.1) is 0 Å². The van der Waals surface area contributed by atoms with Gasteiger partial charge in [-0.15, -0.1) is 0 Å². The SMILES string of the molecule is C.CC(C)=O.CNc1cccc(N2C(=O)c3ccc(C(C)=O)cc3C2=O)c1.CNc1cccc(NC(=O)c2ccccc2C(=O)O)c1. The van der Waals surface area contributed by atoms with E-state index in [2.05, 4.69) is 16.0 Å². The number of carbonyl (C=O) groups excluding carboxylic acids is 5. The van der Waals surface area contributed by atoms with Gasteiger partial charge in [0.05, 0.1) is 27.9 Å². The van der Waals surface area contributed by atoms with Gasteiger partial charge in [-0.05, 0) is 81.4 Å². The average Bonchev–Trinajstić information content (AvgIpc) is 3.29. The van der Waals surface area contributed by atoms with E-state index >= 15 is 0 Å². The van der Waals surface area contributed by atoms with Crippen molar-refractivity contribution in [3.05, 3.63) is 119 Å². The molecule has 11 heteroatoms. The van der Waals surface area contributed by atoms with Gasteiger partial charge < -0.3 is 25.9 Å². The number of anilines is 4. The van der Waals surface area contributed by atoms with Crippen molar-refractivity contribution >= 4 is 58.0 Å². The number of carboxylic acids is 1. The zero-order valence-electron chi connectivity index (χ0n) is 26.0. The van der Waals surface area contributed by atoms with Crippen LogP contribution in [-0.2, 0) is 4.79 Å². The highest BCUT2D eigenvalue weighted by Crippen LogP contribution is 2.30. The number of benzene rings is 4. The van der Waals surface area contributed by atoms with Crippen molar-refractivity contribution in [3.8, 4) is 0 Å². The number of nitrogens with one attached hydrogen (secondary N) is 3. The molecule has 0 saturated carbocycles. The first kappa shape index (κ1) is 37.1. The first-order chi connectivity index (χ1) is 21.9. The monoisotopic (exact) mass is 638 g/mol. The van der Waals surface area contributed by atoms with Crippen molar-refractivity contribution in [2.24, 2.45) is 0 Å². The van der Waals surface area contributed by atoms with E-state index in [0.717, 1.165) is 16.3 Å². The topological polar surface area (TPSA) is 162 Å². The van der Waals surface area contributed by atoms with Crippen molar-refractivity contribution in [3.63, 3.8) is 0 Å². The van der Waals surface area contributed by atoms with Crippen molar-refractivity contribution in [2.45, 2.75) is 28.2 Å². The number of Topliss-reactive ketones (excluding diaryl/α,β-unsaturated/α-hetero) is 2. The molecular formula is C36H38N4O7. The van der Waals surface area contributed by atoms with Crippen LogP contribution in [0.5, 0.6) is 0 Å². The Bertz CT molecular complexity index is 1810. The number of aromatic carboxylic acids is 1. The average molecular weight is 639 g/mol. The molecule has 0 radical (unpaired) electrons. The maximum absolute atomic E-state index is 12.6. The van der Waals surface area contributed by atoms with Gasteiger partial charge in [0.1, 0.15) is 5.78 Å². The normalized spacial score (nSPS) is 11.0. The molecule has 3 amide bonds. The lowest BCUT2D eigenvalue weighted by atomic mass is 10.0. The summed E-state index contributed by atoms with van der Waals surface area (Å²) >= 11 is 0. The predicted molar refractivity (Wildman–Crippen MR) is 184 cm³/mol. The number of imide groups is 1. The fraction of sp³-hybridized carbons (Fsp3) is 0.167. The van der Waals surface area contributed by atoms with Crippen LogP contribution in [0.25, 0.3) is 0 Å². The lowest BCUT2D eigenvalue weighted by Gasteiger charge is -2.14. The zero-order valence-corrected chi connectivity index (χ0v) is 26.0. The number of ketones is 2. The lowest BCUT2D eigenvalue weighted by molar-refractivity contribution is -0.115. The summed E-state index contributed by atoms with van der Waals surface area (Å²) in [5.41, 5.74) is 3.89. The second-order valence-corrected chi connectivity index (χ2v) is 10.1. The third-order valence-electron chi connectivity index (χ3n) is 6.50. The molecule has 0 aromatic heterocycles. The molecule has 11 nitrogen and oxygen atoms in total. The molecule has 0 atom stereocenters. The van der Waals surface area contributed by atoms with E-state index in [1.54, 1.807) is 68.7 Å². The van der Waals surface area contributed by atoms with Crippen LogP contribution in [0.15, 0.2) is 91.0 Å². The number of amides is 3. The van der Waals surface area contributed by atoms with Crippen LogP contribution in [0.3, 0.4) is 0 Å². The van der Waals surface area contributed by atoms with Gasteiger partial charge in [-0.25, -0.2) is 9.69 Å². The van der Waals surface area contributed by atoms with Crippen LogP contribution in [0.2, 0.25) is 0 Å². The highest BCUT2D eigenvalue weighted by molar-refractivity contribution is 6.34. The molecule has 1 aliphatic rings. The van der Waals surface area contributed by atoms with E-state index in [9.17, 15) is 28.8 Å². The van der Waals surface area contributed by atoms with Crippen molar-refractivity contribution in [1.82, 2.24) is 0 Å². The van der Waals surface area contributed by atoms with Gasteiger partial charge in [0.15, 0.2) is 5.78 Å². The Morgan fingerprint density at radius 1 is 0.638 bits per heavy atom. The number of nitrogens with zero attached hydrogens (tertiary/aromatic N) is 1. The van der Waals surface area contributed by atoms with Crippen LogP contribution < -0.4 is 20.9 Å². The largest absolute Gasteiger partial charge is 0.478 e. The number of rotatable bonds is 7. The third-order valence-corrected chi connectivity index (χ3v) is 6.50. The van der Waals surface area contributed by atoms with Crippen LogP contribution in [-0.4, -0.2) is 54.5 Å². The maximum Gasteiger partial charge on any atom is 0.336 e. The Balaban J connectivity index is 0.000000289. The maximum atomic E-state index is 12.6. The lowest BCUT2D eigenvalue weighted by Crippen LogP contribution is -2.29. The molecule has 0 fully saturated rings. The fourth-order valence-electron chi connectivity index (χ4n) is 4.31. The second kappa shape index (κ2) is 16.8. The van der Waals surface area contributed by atoms with Gasteiger partial charge >= 0.3 is 5.97 Å². The molecule has 47 heavy (non-hydrogen) atoms. The minimum Gasteiger partial charge on any atom is -0.478 e. The first-order valence-corrected chi connectivity index (χ1v) is 14.1. The van der Waals surface area contributed by atoms with E-state index in [0.29, 0.717) is 22.5 Å². The Hall–Kier alpha value is -6.10. The van der Waals surface area contributed by atoms with Crippen molar-refractivity contribution < 1.29 is 33.9 Å². The summed E-state index contributed by atoms with van der Waals surface area (Å²) in [5.74, 6) is -2.32. The molecular weight excluding hydrogens is 600 g/mol. The number of fused-ring (bicyclic) bond motifs is 1. The number of carboxylic acid groups (broad SMARTS) is 1. The van der Waals surface area contributed by atoms with Gasteiger partial charge in [-0.2, -0.15) is 0 Å². The summed E-state index contributed by atoms with van der Waals surface area (Å²) in [6, 6.07) is 24.9.